The summed E-state index contributed by atoms with van der Waals surface area (Å²) in [5.74, 6) is 0.120. The molecule has 1 saturated carbocycles. The van der Waals surface area contributed by atoms with Gasteiger partial charge in [-0.15, -0.1) is 0 Å². The first-order chi connectivity index (χ1) is 15.4. The Labute approximate surface area is 183 Å². The van der Waals surface area contributed by atoms with Gasteiger partial charge in [-0.25, -0.2) is 19.3 Å². The zero-order valence-electron chi connectivity index (χ0n) is 17.5. The van der Waals surface area contributed by atoms with Crippen molar-refractivity contribution in [1.29, 1.82) is 0 Å². The zero-order valence-corrected chi connectivity index (χ0v) is 17.5. The van der Waals surface area contributed by atoms with Crippen molar-refractivity contribution in [2.75, 3.05) is 18.9 Å². The molecule has 9 nitrogen and oxygen atoms in total. The van der Waals surface area contributed by atoms with Crippen molar-refractivity contribution >= 4 is 11.9 Å². The minimum absolute atomic E-state index is 0.0676. The van der Waals surface area contributed by atoms with E-state index in [0.717, 1.165) is 12.8 Å². The van der Waals surface area contributed by atoms with Crippen LogP contribution < -0.4 is 11.1 Å². The molecule has 32 heavy (non-hydrogen) atoms. The lowest BCUT2D eigenvalue weighted by atomic mass is 9.91. The molecule has 0 atom stereocenters. The number of ether oxygens (including phenoxy) is 2. The van der Waals surface area contributed by atoms with Crippen molar-refractivity contribution in [3.8, 4) is 22.6 Å². The third kappa shape index (κ3) is 4.06. The molecule has 0 unspecified atom stereocenters. The standard InChI is InChI=1S/C22H23FN6O3/c1-22(20(30)26-14-6-7-14)10-31-19(32-11-22)18-28-16(12-2-4-13(23)5-3-12)17(29-18)15-8-9-25-21(24)27-15/h2-5,8-9,14,19H,6-7,10-11H2,1H3,(H,26,30)(H,28,29)(H2,24,25,27). The van der Waals surface area contributed by atoms with Gasteiger partial charge >= 0.3 is 0 Å². The predicted molar refractivity (Wildman–Crippen MR) is 113 cm³/mol. The summed E-state index contributed by atoms with van der Waals surface area (Å²) >= 11 is 0. The number of aromatic nitrogens is 4. The summed E-state index contributed by atoms with van der Waals surface area (Å²) in [6.45, 7) is 2.21. The quantitative estimate of drug-likeness (QED) is 0.558. The zero-order chi connectivity index (χ0) is 22.3. The van der Waals surface area contributed by atoms with Gasteiger partial charge in [0.25, 0.3) is 0 Å². The number of anilines is 1. The molecule has 2 aromatic heterocycles. The highest BCUT2D eigenvalue weighted by atomic mass is 19.1. The van der Waals surface area contributed by atoms with Gasteiger partial charge in [-0.3, -0.25) is 4.79 Å². The number of nitrogens with one attached hydrogen (secondary N) is 2. The molecule has 1 saturated heterocycles. The maximum Gasteiger partial charge on any atom is 0.230 e. The van der Waals surface area contributed by atoms with Gasteiger partial charge in [0, 0.05) is 17.8 Å². The molecule has 1 aliphatic carbocycles. The minimum Gasteiger partial charge on any atom is -0.368 e. The first-order valence-electron chi connectivity index (χ1n) is 10.4. The molecule has 3 aromatic rings. The average Bonchev–Trinajstić information content (AvgIpc) is 3.49. The second-order valence-corrected chi connectivity index (χ2v) is 8.41. The van der Waals surface area contributed by atoms with Crippen molar-refractivity contribution in [2.45, 2.75) is 32.1 Å². The summed E-state index contributed by atoms with van der Waals surface area (Å²) < 4.78 is 25.2. The van der Waals surface area contributed by atoms with Gasteiger partial charge in [-0.1, -0.05) is 0 Å². The summed E-state index contributed by atoms with van der Waals surface area (Å²) in [4.78, 5) is 28.6. The largest absolute Gasteiger partial charge is 0.368 e. The Kier molecular flexibility index (Phi) is 5.10. The predicted octanol–water partition coefficient (Wildman–Crippen LogP) is 2.59. The molecule has 0 radical (unpaired) electrons. The van der Waals surface area contributed by atoms with Crippen LogP contribution in [-0.4, -0.2) is 45.1 Å². The lowest BCUT2D eigenvalue weighted by Gasteiger charge is -2.35. The number of H-pyrrole nitrogens is 1. The molecule has 1 amide bonds. The fourth-order valence-electron chi connectivity index (χ4n) is 3.50. The second-order valence-electron chi connectivity index (χ2n) is 8.41. The Morgan fingerprint density at radius 2 is 1.91 bits per heavy atom. The maximum absolute atomic E-state index is 13.5. The third-order valence-corrected chi connectivity index (χ3v) is 5.56. The van der Waals surface area contributed by atoms with Gasteiger partial charge in [0.1, 0.15) is 5.82 Å². The number of aromatic amines is 1. The molecule has 1 aliphatic heterocycles. The van der Waals surface area contributed by atoms with E-state index in [1.54, 1.807) is 24.4 Å². The lowest BCUT2D eigenvalue weighted by molar-refractivity contribution is -0.231. The summed E-state index contributed by atoms with van der Waals surface area (Å²) in [5, 5.41) is 3.01. The molecule has 0 spiro atoms. The number of rotatable bonds is 5. The number of benzene rings is 1. The fraction of sp³-hybridized carbons (Fsp3) is 0.364. The van der Waals surface area contributed by atoms with E-state index in [0.29, 0.717) is 28.5 Å². The number of imidazole rings is 1. The van der Waals surface area contributed by atoms with Gasteiger partial charge < -0.3 is 25.5 Å². The minimum atomic E-state index is -0.788. The van der Waals surface area contributed by atoms with Crippen LogP contribution in [0.3, 0.4) is 0 Å². The normalized spacial score (nSPS) is 23.1. The summed E-state index contributed by atoms with van der Waals surface area (Å²) in [5.41, 5.74) is 7.33. The van der Waals surface area contributed by atoms with Gasteiger partial charge in [0.2, 0.25) is 18.1 Å². The van der Waals surface area contributed by atoms with Gasteiger partial charge in [0.15, 0.2) is 5.82 Å². The number of nitrogens with two attached hydrogens (primary N) is 1. The number of nitrogen functional groups attached to an aromatic ring is 1. The van der Waals surface area contributed by atoms with E-state index in [1.807, 2.05) is 6.92 Å². The van der Waals surface area contributed by atoms with Crippen LogP contribution >= 0.6 is 0 Å². The van der Waals surface area contributed by atoms with Crippen molar-refractivity contribution in [1.82, 2.24) is 25.3 Å². The Balaban J connectivity index is 1.43. The molecule has 2 fully saturated rings. The highest BCUT2D eigenvalue weighted by molar-refractivity contribution is 5.83. The molecule has 3 heterocycles. The van der Waals surface area contributed by atoms with Gasteiger partial charge in [-0.2, -0.15) is 0 Å². The molecule has 10 heteroatoms. The molecule has 0 bridgehead atoms. The van der Waals surface area contributed by atoms with Gasteiger partial charge in [-0.05, 0) is 50.1 Å². The summed E-state index contributed by atoms with van der Waals surface area (Å²) in [6.07, 6.45) is 2.79. The number of hydrogen-bond donors (Lipinski definition) is 3. The molecule has 166 valence electrons. The first-order valence-corrected chi connectivity index (χ1v) is 10.4. The van der Waals surface area contributed by atoms with E-state index in [2.05, 4.69) is 25.3 Å². The molecular formula is C22H23FN6O3. The van der Waals surface area contributed by atoms with Crippen LogP contribution in [0.25, 0.3) is 22.6 Å². The molecular weight excluding hydrogens is 415 g/mol. The van der Waals surface area contributed by atoms with Crippen LogP contribution in [0, 0.1) is 11.2 Å². The number of nitrogens with zero attached hydrogens (tertiary/aromatic N) is 3. The average molecular weight is 438 g/mol. The molecule has 4 N–H and O–H groups in total. The highest BCUT2D eigenvalue weighted by Gasteiger charge is 2.42. The second kappa shape index (κ2) is 7.95. The van der Waals surface area contributed by atoms with Crippen molar-refractivity contribution < 1.29 is 18.7 Å². The molecule has 1 aromatic carbocycles. The maximum atomic E-state index is 13.5. The Hall–Kier alpha value is -3.37. The summed E-state index contributed by atoms with van der Waals surface area (Å²) in [6, 6.07) is 7.95. The van der Waals surface area contributed by atoms with E-state index in [1.165, 1.54) is 12.1 Å². The smallest absolute Gasteiger partial charge is 0.230 e. The van der Waals surface area contributed by atoms with Crippen LogP contribution in [0.1, 0.15) is 31.9 Å². The summed E-state index contributed by atoms with van der Waals surface area (Å²) in [7, 11) is 0. The van der Waals surface area contributed by atoms with Crippen LogP contribution in [0.15, 0.2) is 36.5 Å². The van der Waals surface area contributed by atoms with E-state index >= 15 is 0 Å². The first kappa shape index (κ1) is 20.5. The van der Waals surface area contributed by atoms with Crippen molar-refractivity contribution in [3.63, 3.8) is 0 Å². The van der Waals surface area contributed by atoms with Crippen LogP contribution in [0.4, 0.5) is 10.3 Å². The number of carbonyl (C=O) groups is 1. The van der Waals surface area contributed by atoms with Crippen molar-refractivity contribution in [3.05, 3.63) is 48.2 Å². The number of halogens is 1. The third-order valence-electron chi connectivity index (χ3n) is 5.56. The number of carbonyl (C=O) groups excluding carboxylic acids is 1. The number of amides is 1. The van der Waals surface area contributed by atoms with Crippen LogP contribution in [0.2, 0.25) is 0 Å². The lowest BCUT2D eigenvalue weighted by Crippen LogP contribution is -2.49. The van der Waals surface area contributed by atoms with E-state index in [4.69, 9.17) is 15.2 Å². The van der Waals surface area contributed by atoms with Crippen LogP contribution in [-0.2, 0) is 14.3 Å². The van der Waals surface area contributed by atoms with Crippen molar-refractivity contribution in [2.24, 2.45) is 5.41 Å². The van der Waals surface area contributed by atoms with E-state index < -0.39 is 11.7 Å². The molecule has 2 aliphatic rings. The Morgan fingerprint density at radius 3 is 2.56 bits per heavy atom. The topological polar surface area (TPSA) is 128 Å². The van der Waals surface area contributed by atoms with Crippen LogP contribution in [0.5, 0.6) is 0 Å². The number of hydrogen-bond acceptors (Lipinski definition) is 7. The highest BCUT2D eigenvalue weighted by Crippen LogP contribution is 2.36. The fourth-order valence-corrected chi connectivity index (χ4v) is 3.50. The molecule has 5 rings (SSSR count). The van der Waals surface area contributed by atoms with E-state index in [9.17, 15) is 9.18 Å². The van der Waals surface area contributed by atoms with E-state index in [-0.39, 0.29) is 36.9 Å². The Morgan fingerprint density at radius 1 is 1.19 bits per heavy atom. The Bertz CT molecular complexity index is 1140. The van der Waals surface area contributed by atoms with Gasteiger partial charge in [0.05, 0.1) is 35.7 Å². The monoisotopic (exact) mass is 438 g/mol. The SMILES string of the molecule is CC1(C(=O)NC2CC2)COC(c2nc(-c3ccc(F)cc3)c(-c3ccnc(N)n3)[nH]2)OC1.